The highest BCUT2D eigenvalue weighted by molar-refractivity contribution is 7.18. The van der Waals surface area contributed by atoms with Crippen LogP contribution in [0.1, 0.15) is 31.9 Å². The van der Waals surface area contributed by atoms with Gasteiger partial charge in [0.15, 0.2) is 10.9 Å². The van der Waals surface area contributed by atoms with Crippen LogP contribution in [-0.4, -0.2) is 46.4 Å². The predicted molar refractivity (Wildman–Crippen MR) is 132 cm³/mol. The number of carbonyl (C=O) groups excluding carboxylic acids is 2. The highest BCUT2D eigenvalue weighted by Gasteiger charge is 2.32. The van der Waals surface area contributed by atoms with E-state index in [0.29, 0.717) is 41.6 Å². The van der Waals surface area contributed by atoms with Crippen molar-refractivity contribution in [3.63, 3.8) is 0 Å². The number of anilines is 4. The van der Waals surface area contributed by atoms with Gasteiger partial charge in [0, 0.05) is 43.3 Å². The van der Waals surface area contributed by atoms with Gasteiger partial charge in [-0.1, -0.05) is 11.3 Å². The van der Waals surface area contributed by atoms with Gasteiger partial charge in [-0.15, -0.1) is 0 Å². The molecule has 9 nitrogen and oxygen atoms in total. The number of carbonyl (C=O) groups is 2. The van der Waals surface area contributed by atoms with Gasteiger partial charge in [-0.05, 0) is 49.6 Å². The average Bonchev–Trinajstić information content (AvgIpc) is 3.21. The number of amides is 2. The zero-order valence-electron chi connectivity index (χ0n) is 19.4. The average molecular weight is 520 g/mol. The van der Waals surface area contributed by atoms with Gasteiger partial charge in [-0.2, -0.15) is 13.2 Å². The number of benzene rings is 1. The summed E-state index contributed by atoms with van der Waals surface area (Å²) in [5.41, 5.74) is 0.381. The fourth-order valence-corrected chi connectivity index (χ4v) is 4.59. The first kappa shape index (κ1) is 25.4. The summed E-state index contributed by atoms with van der Waals surface area (Å²) < 4.78 is 39.2. The number of alkyl halides is 3. The zero-order chi connectivity index (χ0) is 25.7. The minimum Gasteiger partial charge on any atom is -0.341 e. The summed E-state index contributed by atoms with van der Waals surface area (Å²) in [4.78, 5) is 38.8. The van der Waals surface area contributed by atoms with Crippen LogP contribution in [0.4, 0.5) is 40.4 Å². The highest BCUT2D eigenvalue weighted by atomic mass is 32.1. The van der Waals surface area contributed by atoms with Gasteiger partial charge >= 0.3 is 12.2 Å². The minimum atomic E-state index is -4.61. The molecule has 1 aliphatic rings. The first-order chi connectivity index (χ1) is 17.2. The quantitative estimate of drug-likeness (QED) is 0.417. The van der Waals surface area contributed by atoms with Crippen LogP contribution in [0.25, 0.3) is 10.4 Å². The molecule has 0 bridgehead atoms. The maximum absolute atomic E-state index is 13.1. The lowest BCUT2D eigenvalue weighted by atomic mass is 10.1. The summed E-state index contributed by atoms with van der Waals surface area (Å²) in [6.07, 6.45) is 0.402. The molecule has 3 heterocycles. The fourth-order valence-electron chi connectivity index (χ4n) is 3.66. The topological polar surface area (TPSA) is 112 Å². The van der Waals surface area contributed by atoms with Crippen molar-refractivity contribution in [3.8, 4) is 10.4 Å². The maximum atomic E-state index is 13.1. The van der Waals surface area contributed by atoms with E-state index in [1.165, 1.54) is 11.3 Å². The van der Waals surface area contributed by atoms with Crippen LogP contribution in [0.2, 0.25) is 0 Å². The summed E-state index contributed by atoms with van der Waals surface area (Å²) in [7, 11) is 0. The Labute approximate surface area is 209 Å². The van der Waals surface area contributed by atoms with Crippen LogP contribution in [-0.2, 0) is 11.0 Å². The van der Waals surface area contributed by atoms with E-state index >= 15 is 0 Å². The van der Waals surface area contributed by atoms with E-state index in [0.717, 1.165) is 36.5 Å². The number of ketones is 1. The molecule has 0 unspecified atom stereocenters. The Morgan fingerprint density at radius 2 is 1.97 bits per heavy atom. The largest absolute Gasteiger partial charge is 0.433 e. The van der Waals surface area contributed by atoms with Crippen molar-refractivity contribution in [2.45, 2.75) is 32.4 Å². The van der Waals surface area contributed by atoms with Gasteiger partial charge < -0.3 is 20.9 Å². The summed E-state index contributed by atoms with van der Waals surface area (Å²) in [6, 6.07) is 5.37. The van der Waals surface area contributed by atoms with Crippen LogP contribution in [0.5, 0.6) is 0 Å². The lowest BCUT2D eigenvalue weighted by molar-refractivity contribution is -0.141. The Hall–Kier alpha value is -3.74. The summed E-state index contributed by atoms with van der Waals surface area (Å²) in [5.74, 6) is -0.0658. The number of aromatic nitrogens is 3. The number of halogens is 3. The zero-order valence-corrected chi connectivity index (χ0v) is 20.2. The van der Waals surface area contributed by atoms with Crippen molar-refractivity contribution in [2.75, 3.05) is 35.2 Å². The van der Waals surface area contributed by atoms with E-state index in [9.17, 15) is 22.8 Å². The molecule has 3 aromatic rings. The first-order valence-electron chi connectivity index (χ1n) is 11.3. The molecule has 13 heteroatoms. The number of thiazole rings is 1. The van der Waals surface area contributed by atoms with E-state index in [4.69, 9.17) is 0 Å². The smallest absolute Gasteiger partial charge is 0.341 e. The number of urea groups is 1. The number of hydrogen-bond acceptors (Lipinski definition) is 8. The Morgan fingerprint density at radius 1 is 1.17 bits per heavy atom. The third-order valence-corrected chi connectivity index (χ3v) is 6.39. The molecule has 36 heavy (non-hydrogen) atoms. The number of rotatable bonds is 6. The monoisotopic (exact) mass is 519 g/mol. The molecular weight excluding hydrogens is 495 g/mol. The van der Waals surface area contributed by atoms with E-state index < -0.39 is 17.9 Å². The molecule has 0 atom stereocenters. The maximum Gasteiger partial charge on any atom is 0.433 e. The number of nitrogens with one attached hydrogen (secondary N) is 3. The van der Waals surface area contributed by atoms with Gasteiger partial charge in [0.25, 0.3) is 0 Å². The normalized spacial score (nSPS) is 14.3. The molecule has 0 aliphatic carbocycles. The molecule has 0 spiro atoms. The predicted octanol–water partition coefficient (Wildman–Crippen LogP) is 5.06. The molecule has 190 valence electrons. The second-order valence-corrected chi connectivity index (χ2v) is 9.11. The van der Waals surface area contributed by atoms with E-state index in [1.54, 1.807) is 31.3 Å². The second-order valence-electron chi connectivity index (χ2n) is 8.10. The molecule has 3 N–H and O–H groups in total. The van der Waals surface area contributed by atoms with Crippen LogP contribution < -0.4 is 20.9 Å². The summed E-state index contributed by atoms with van der Waals surface area (Å²) in [5, 5.41) is 8.85. The Bertz CT molecular complexity index is 1250. The van der Waals surface area contributed by atoms with Crippen molar-refractivity contribution in [3.05, 3.63) is 42.4 Å². The molecule has 1 fully saturated rings. The van der Waals surface area contributed by atoms with Crippen molar-refractivity contribution >= 4 is 45.6 Å². The third-order valence-electron chi connectivity index (χ3n) is 5.28. The Kier molecular flexibility index (Phi) is 7.67. The molecule has 0 radical (unpaired) electrons. The third kappa shape index (κ3) is 6.47. The molecule has 2 aromatic heterocycles. The molecule has 1 saturated heterocycles. The minimum absolute atomic E-state index is 0.171. The van der Waals surface area contributed by atoms with Gasteiger partial charge in [0.2, 0.25) is 5.95 Å². The van der Waals surface area contributed by atoms with E-state index in [1.807, 2.05) is 4.90 Å². The lowest BCUT2D eigenvalue weighted by Crippen LogP contribution is -2.28. The van der Waals surface area contributed by atoms with Crippen LogP contribution in [0.15, 0.2) is 36.7 Å². The van der Waals surface area contributed by atoms with Gasteiger partial charge in [0.05, 0.1) is 11.4 Å². The highest BCUT2D eigenvalue weighted by Crippen LogP contribution is 2.36. The number of Topliss-reactive ketones (excluding diaryl/α,β-unsaturated/α-hetero) is 1. The van der Waals surface area contributed by atoms with E-state index in [2.05, 4.69) is 30.9 Å². The molecule has 0 saturated carbocycles. The number of hydrogen-bond donors (Lipinski definition) is 3. The lowest BCUT2D eigenvalue weighted by Gasteiger charge is -2.17. The van der Waals surface area contributed by atoms with Crippen molar-refractivity contribution in [1.29, 1.82) is 0 Å². The Morgan fingerprint density at radius 3 is 2.75 bits per heavy atom. The molecule has 1 aromatic carbocycles. The van der Waals surface area contributed by atoms with Gasteiger partial charge in [-0.3, -0.25) is 4.79 Å². The SMILES string of the molecule is CCNC(=O)Nc1cc(Nc2nccc(C(F)(F)F)n2)cc(-c2cnc(N3CCCCC(=O)C3)s2)c1. The number of nitrogens with zero attached hydrogens (tertiary/aromatic N) is 4. The van der Waals surface area contributed by atoms with Crippen molar-refractivity contribution in [2.24, 2.45) is 0 Å². The van der Waals surface area contributed by atoms with E-state index in [-0.39, 0.29) is 11.7 Å². The summed E-state index contributed by atoms with van der Waals surface area (Å²) >= 11 is 1.39. The Balaban J connectivity index is 1.65. The van der Waals surface area contributed by atoms with Gasteiger partial charge in [-0.25, -0.2) is 19.7 Å². The van der Waals surface area contributed by atoms with Gasteiger partial charge in [0.1, 0.15) is 5.69 Å². The molecule has 2 amide bonds. The standard InChI is InChI=1S/C23H24F3N7O2S/c1-2-27-21(35)31-16-10-14(18-12-29-22(36-18)33-8-4-3-5-17(34)13-33)9-15(11-16)30-20-28-7-6-19(32-20)23(24,25)26/h6-7,9-12H,2-5,8,13H2,1H3,(H2,27,31,35)(H,28,30,32). The first-order valence-corrected chi connectivity index (χ1v) is 12.1. The molecular formula is C23H24F3N7O2S. The van der Waals surface area contributed by atoms with Crippen molar-refractivity contribution in [1.82, 2.24) is 20.3 Å². The summed E-state index contributed by atoms with van der Waals surface area (Å²) in [6.45, 7) is 3.24. The van der Waals surface area contributed by atoms with Crippen molar-refractivity contribution < 1.29 is 22.8 Å². The van der Waals surface area contributed by atoms with Crippen LogP contribution >= 0.6 is 11.3 Å². The molecule has 4 rings (SSSR count). The van der Waals surface area contributed by atoms with Crippen LogP contribution in [0.3, 0.4) is 0 Å². The van der Waals surface area contributed by atoms with Crippen LogP contribution in [0, 0.1) is 0 Å². The fraction of sp³-hybridized carbons (Fsp3) is 0.348. The second kappa shape index (κ2) is 10.9. The molecule has 1 aliphatic heterocycles.